The number of pyridine rings is 1. The zero-order chi connectivity index (χ0) is 17.8. The minimum absolute atomic E-state index is 0.339. The molecule has 3 rings (SSSR count). The maximum Gasteiger partial charge on any atom is 0.320 e. The monoisotopic (exact) mass is 341 g/mol. The molecule has 8 nitrogen and oxygen atoms in total. The van der Waals surface area contributed by atoms with E-state index in [1.165, 1.54) is 0 Å². The number of ether oxygens (including phenoxy) is 2. The lowest BCUT2D eigenvalue weighted by molar-refractivity contribution is 0.251. The topological polar surface area (TPSA) is 101 Å². The van der Waals surface area contributed by atoms with Gasteiger partial charge in [-0.1, -0.05) is 6.07 Å². The summed E-state index contributed by atoms with van der Waals surface area (Å²) in [6.07, 6.45) is 0. The number of hydrogen-bond acceptors (Lipinski definition) is 5. The van der Waals surface area contributed by atoms with E-state index in [0.29, 0.717) is 29.5 Å². The lowest BCUT2D eigenvalue weighted by Crippen LogP contribution is -2.28. The van der Waals surface area contributed by atoms with Gasteiger partial charge in [0.1, 0.15) is 0 Å². The quantitative estimate of drug-likeness (QED) is 0.662. The zero-order valence-electron chi connectivity index (χ0n) is 14.2. The van der Waals surface area contributed by atoms with Crippen LogP contribution in [0.1, 0.15) is 11.3 Å². The third kappa shape index (κ3) is 3.63. The Morgan fingerprint density at radius 1 is 1.16 bits per heavy atom. The van der Waals surface area contributed by atoms with Crippen molar-refractivity contribution in [2.24, 2.45) is 0 Å². The molecule has 0 aliphatic rings. The molecule has 2 aromatic heterocycles. The molecule has 0 spiro atoms. The van der Waals surface area contributed by atoms with E-state index in [4.69, 9.17) is 9.47 Å². The normalized spacial score (nSPS) is 10.5. The number of carbonyl (C=O) groups is 1. The van der Waals surface area contributed by atoms with Crippen LogP contribution < -0.4 is 20.1 Å². The van der Waals surface area contributed by atoms with E-state index in [1.807, 2.05) is 31.2 Å². The Bertz CT molecular complexity index is 906. The third-order valence-corrected chi connectivity index (χ3v) is 3.70. The number of fused-ring (bicyclic) bond motifs is 1. The van der Waals surface area contributed by atoms with Crippen LogP contribution in [-0.4, -0.2) is 35.4 Å². The van der Waals surface area contributed by atoms with Gasteiger partial charge in [-0.2, -0.15) is 5.10 Å². The van der Waals surface area contributed by atoms with Crippen LogP contribution in [0.2, 0.25) is 0 Å². The first-order chi connectivity index (χ1) is 12.1. The molecule has 1 aromatic carbocycles. The van der Waals surface area contributed by atoms with Gasteiger partial charge < -0.3 is 14.8 Å². The van der Waals surface area contributed by atoms with Crippen LogP contribution in [0.15, 0.2) is 30.3 Å². The number of aromatic amines is 1. The molecule has 0 aliphatic carbocycles. The molecule has 8 heteroatoms. The average molecular weight is 341 g/mol. The summed E-state index contributed by atoms with van der Waals surface area (Å²) in [4.78, 5) is 16.4. The minimum Gasteiger partial charge on any atom is -0.493 e. The number of hydrogen-bond donors (Lipinski definition) is 3. The molecule has 0 aliphatic heterocycles. The Morgan fingerprint density at radius 2 is 1.96 bits per heavy atom. The summed E-state index contributed by atoms with van der Waals surface area (Å²) in [5.41, 5.74) is 2.40. The third-order valence-electron chi connectivity index (χ3n) is 3.70. The lowest BCUT2D eigenvalue weighted by Gasteiger charge is -2.10. The molecular weight excluding hydrogens is 322 g/mol. The summed E-state index contributed by atoms with van der Waals surface area (Å²) < 4.78 is 10.4. The minimum atomic E-state index is -0.358. The number of H-pyrrole nitrogens is 1. The fraction of sp³-hybridized carbons (Fsp3) is 0.235. The maximum absolute atomic E-state index is 12.1. The highest BCUT2D eigenvalue weighted by Crippen LogP contribution is 2.27. The van der Waals surface area contributed by atoms with Crippen molar-refractivity contribution < 1.29 is 14.3 Å². The number of urea groups is 1. The van der Waals surface area contributed by atoms with Crippen LogP contribution in [0.3, 0.4) is 0 Å². The number of rotatable bonds is 5. The van der Waals surface area contributed by atoms with Crippen molar-refractivity contribution in [1.82, 2.24) is 20.5 Å². The molecule has 0 fully saturated rings. The van der Waals surface area contributed by atoms with E-state index in [-0.39, 0.29) is 6.03 Å². The molecule has 25 heavy (non-hydrogen) atoms. The number of nitrogens with one attached hydrogen (secondary N) is 3. The summed E-state index contributed by atoms with van der Waals surface area (Å²) in [6, 6.07) is 8.84. The second-order valence-corrected chi connectivity index (χ2v) is 5.42. The first-order valence-corrected chi connectivity index (χ1v) is 7.68. The SMILES string of the molecule is COc1ccc(CNC(=O)Nc2n[nH]c3nc(C)ccc23)cc1OC. The Morgan fingerprint density at radius 3 is 2.72 bits per heavy atom. The molecule has 0 saturated carbocycles. The fourth-order valence-electron chi connectivity index (χ4n) is 2.42. The fourth-order valence-corrected chi connectivity index (χ4v) is 2.42. The Balaban J connectivity index is 1.64. The van der Waals surface area contributed by atoms with Gasteiger partial charge in [0.05, 0.1) is 19.6 Å². The first-order valence-electron chi connectivity index (χ1n) is 7.68. The number of methoxy groups -OCH3 is 2. The highest BCUT2D eigenvalue weighted by atomic mass is 16.5. The summed E-state index contributed by atoms with van der Waals surface area (Å²) in [6.45, 7) is 2.23. The summed E-state index contributed by atoms with van der Waals surface area (Å²) in [7, 11) is 3.15. The molecule has 0 unspecified atom stereocenters. The number of benzene rings is 1. The number of nitrogens with zero attached hydrogens (tertiary/aromatic N) is 2. The van der Waals surface area contributed by atoms with Gasteiger partial charge in [0, 0.05) is 12.2 Å². The van der Waals surface area contributed by atoms with E-state index < -0.39 is 0 Å². The van der Waals surface area contributed by atoms with E-state index in [0.717, 1.165) is 16.6 Å². The van der Waals surface area contributed by atoms with E-state index >= 15 is 0 Å². The van der Waals surface area contributed by atoms with Crippen molar-refractivity contribution in [2.75, 3.05) is 19.5 Å². The molecule has 0 radical (unpaired) electrons. The van der Waals surface area contributed by atoms with Crippen LogP contribution in [0.5, 0.6) is 11.5 Å². The molecule has 3 aromatic rings. The number of amides is 2. The van der Waals surface area contributed by atoms with E-state index in [9.17, 15) is 4.79 Å². The predicted molar refractivity (Wildman–Crippen MR) is 94.0 cm³/mol. The van der Waals surface area contributed by atoms with Crippen LogP contribution >= 0.6 is 0 Å². The van der Waals surface area contributed by atoms with Crippen LogP contribution in [0.4, 0.5) is 10.6 Å². The van der Waals surface area contributed by atoms with Gasteiger partial charge in [0.2, 0.25) is 0 Å². The highest BCUT2D eigenvalue weighted by Gasteiger charge is 2.11. The van der Waals surface area contributed by atoms with Crippen LogP contribution in [0.25, 0.3) is 11.0 Å². The van der Waals surface area contributed by atoms with Gasteiger partial charge in [-0.25, -0.2) is 9.78 Å². The van der Waals surface area contributed by atoms with Gasteiger partial charge in [-0.05, 0) is 36.8 Å². The van der Waals surface area contributed by atoms with Gasteiger partial charge >= 0.3 is 6.03 Å². The van der Waals surface area contributed by atoms with Crippen LogP contribution in [-0.2, 0) is 6.54 Å². The summed E-state index contributed by atoms with van der Waals surface area (Å²) in [5, 5.41) is 13.1. The van der Waals surface area contributed by atoms with Crippen molar-refractivity contribution in [3.8, 4) is 11.5 Å². The number of aromatic nitrogens is 3. The van der Waals surface area contributed by atoms with Gasteiger partial charge in [-0.15, -0.1) is 0 Å². The molecule has 3 N–H and O–H groups in total. The summed E-state index contributed by atoms with van der Waals surface area (Å²) >= 11 is 0. The van der Waals surface area contributed by atoms with Crippen molar-refractivity contribution in [3.63, 3.8) is 0 Å². The van der Waals surface area contributed by atoms with E-state index in [2.05, 4.69) is 25.8 Å². The largest absolute Gasteiger partial charge is 0.493 e. The Labute approximate surface area is 144 Å². The highest BCUT2D eigenvalue weighted by molar-refractivity contribution is 5.97. The first kappa shape index (κ1) is 16.6. The Kier molecular flexibility index (Phi) is 4.69. The van der Waals surface area contributed by atoms with Gasteiger partial charge in [-0.3, -0.25) is 10.4 Å². The van der Waals surface area contributed by atoms with Gasteiger partial charge in [0.25, 0.3) is 0 Å². The molecule has 0 saturated heterocycles. The van der Waals surface area contributed by atoms with Crippen LogP contribution in [0, 0.1) is 6.92 Å². The van der Waals surface area contributed by atoms with Crippen molar-refractivity contribution >= 4 is 22.9 Å². The molecule has 2 amide bonds. The number of aryl methyl sites for hydroxylation is 1. The smallest absolute Gasteiger partial charge is 0.320 e. The van der Waals surface area contributed by atoms with Crippen molar-refractivity contribution in [2.45, 2.75) is 13.5 Å². The molecule has 0 atom stereocenters. The van der Waals surface area contributed by atoms with Gasteiger partial charge in [0.15, 0.2) is 23.0 Å². The standard InChI is InChI=1S/C17H19N5O3/c1-10-4-6-12-15(19-10)21-22-16(12)20-17(23)18-9-11-5-7-13(24-2)14(8-11)25-3/h4-8H,9H2,1-3H3,(H3,18,19,20,21,22,23). The molecule has 0 bridgehead atoms. The average Bonchev–Trinajstić information content (AvgIpc) is 3.01. The van der Waals surface area contributed by atoms with E-state index in [1.54, 1.807) is 20.3 Å². The number of anilines is 1. The lowest BCUT2D eigenvalue weighted by atomic mass is 10.2. The van der Waals surface area contributed by atoms with Crippen molar-refractivity contribution in [1.29, 1.82) is 0 Å². The molecular formula is C17H19N5O3. The second-order valence-electron chi connectivity index (χ2n) is 5.42. The second kappa shape index (κ2) is 7.08. The maximum atomic E-state index is 12.1. The van der Waals surface area contributed by atoms with Crippen molar-refractivity contribution in [3.05, 3.63) is 41.6 Å². The number of carbonyl (C=O) groups excluding carboxylic acids is 1. The Hall–Kier alpha value is -3.29. The zero-order valence-corrected chi connectivity index (χ0v) is 14.2. The molecule has 130 valence electrons. The molecule has 2 heterocycles. The summed E-state index contributed by atoms with van der Waals surface area (Å²) in [5.74, 6) is 1.69. The predicted octanol–water partition coefficient (Wildman–Crippen LogP) is 2.61.